The molecular formula is C19H15ClFNO3S. The van der Waals surface area contributed by atoms with Crippen molar-refractivity contribution >= 4 is 44.9 Å². The number of thiophene rings is 1. The SMILES string of the molecule is C[C@H](NC(=O)COC(=O)c1sc2ccccc2c1Cl)c1ccc(F)cc1. The molecule has 0 aliphatic carbocycles. The van der Waals surface area contributed by atoms with Crippen LogP contribution in [0.3, 0.4) is 0 Å². The van der Waals surface area contributed by atoms with Gasteiger partial charge in [0.15, 0.2) is 6.61 Å². The Balaban J connectivity index is 1.59. The minimum Gasteiger partial charge on any atom is -0.451 e. The van der Waals surface area contributed by atoms with E-state index in [2.05, 4.69) is 5.32 Å². The summed E-state index contributed by atoms with van der Waals surface area (Å²) in [4.78, 5) is 24.5. The Morgan fingerprint density at radius 1 is 1.19 bits per heavy atom. The maximum atomic E-state index is 12.9. The average molecular weight is 392 g/mol. The van der Waals surface area contributed by atoms with Crippen LogP contribution in [0.5, 0.6) is 0 Å². The maximum absolute atomic E-state index is 12.9. The number of hydrogen-bond acceptors (Lipinski definition) is 4. The monoisotopic (exact) mass is 391 g/mol. The third-order valence-corrected chi connectivity index (χ3v) is 5.46. The molecule has 3 aromatic rings. The number of carbonyl (C=O) groups is 2. The third kappa shape index (κ3) is 4.03. The van der Waals surface area contributed by atoms with Crippen molar-refractivity contribution in [2.24, 2.45) is 0 Å². The lowest BCUT2D eigenvalue weighted by Crippen LogP contribution is -2.31. The van der Waals surface area contributed by atoms with Crippen LogP contribution in [0.1, 0.15) is 28.2 Å². The highest BCUT2D eigenvalue weighted by molar-refractivity contribution is 7.21. The first-order chi connectivity index (χ1) is 12.5. The predicted molar refractivity (Wildman–Crippen MR) is 100 cm³/mol. The van der Waals surface area contributed by atoms with E-state index in [1.807, 2.05) is 24.3 Å². The molecule has 0 saturated carbocycles. The molecule has 26 heavy (non-hydrogen) atoms. The van der Waals surface area contributed by atoms with Crippen molar-refractivity contribution in [2.45, 2.75) is 13.0 Å². The van der Waals surface area contributed by atoms with E-state index in [1.54, 1.807) is 19.1 Å². The summed E-state index contributed by atoms with van der Waals surface area (Å²) in [5, 5.41) is 3.80. The number of esters is 1. The minimum absolute atomic E-state index is 0.271. The summed E-state index contributed by atoms with van der Waals surface area (Å²) in [5.74, 6) is -1.44. The van der Waals surface area contributed by atoms with Gasteiger partial charge < -0.3 is 10.1 Å². The molecule has 0 fully saturated rings. The number of halogens is 2. The van der Waals surface area contributed by atoms with Crippen LogP contribution in [0.2, 0.25) is 5.02 Å². The van der Waals surface area contributed by atoms with E-state index in [0.717, 1.165) is 15.6 Å². The van der Waals surface area contributed by atoms with Crippen LogP contribution >= 0.6 is 22.9 Å². The van der Waals surface area contributed by atoms with E-state index in [1.165, 1.54) is 23.5 Å². The van der Waals surface area contributed by atoms with Gasteiger partial charge in [0.1, 0.15) is 10.7 Å². The number of fused-ring (bicyclic) bond motifs is 1. The summed E-state index contributed by atoms with van der Waals surface area (Å²) in [7, 11) is 0. The Hall–Kier alpha value is -2.44. The standard InChI is InChI=1S/C19H15ClFNO3S/c1-11(12-6-8-13(21)9-7-12)22-16(23)10-25-19(24)18-17(20)14-4-2-3-5-15(14)26-18/h2-9,11H,10H2,1H3,(H,22,23)/t11-/m0/s1. The molecule has 1 N–H and O–H groups in total. The van der Waals surface area contributed by atoms with E-state index < -0.39 is 18.5 Å². The van der Waals surface area contributed by atoms with Gasteiger partial charge in [-0.15, -0.1) is 11.3 Å². The highest BCUT2D eigenvalue weighted by Crippen LogP contribution is 2.35. The van der Waals surface area contributed by atoms with Gasteiger partial charge in [-0.2, -0.15) is 0 Å². The molecule has 1 atom stereocenters. The van der Waals surface area contributed by atoms with Gasteiger partial charge in [-0.25, -0.2) is 9.18 Å². The average Bonchev–Trinajstić information content (AvgIpc) is 2.97. The van der Waals surface area contributed by atoms with Gasteiger partial charge in [0.25, 0.3) is 5.91 Å². The summed E-state index contributed by atoms with van der Waals surface area (Å²) in [6.45, 7) is 1.34. The second-order valence-electron chi connectivity index (χ2n) is 5.66. The first-order valence-corrected chi connectivity index (χ1v) is 9.04. The molecule has 0 aliphatic heterocycles. The molecule has 0 spiro atoms. The van der Waals surface area contributed by atoms with Crippen molar-refractivity contribution in [3.63, 3.8) is 0 Å². The lowest BCUT2D eigenvalue weighted by atomic mass is 10.1. The number of hydrogen-bond donors (Lipinski definition) is 1. The summed E-state index contributed by atoms with van der Waals surface area (Å²) in [5.41, 5.74) is 0.749. The third-order valence-electron chi connectivity index (χ3n) is 3.80. The number of nitrogens with one attached hydrogen (secondary N) is 1. The number of benzene rings is 2. The van der Waals surface area contributed by atoms with Crippen LogP contribution in [0.15, 0.2) is 48.5 Å². The fourth-order valence-corrected chi connectivity index (χ4v) is 3.86. The fourth-order valence-electron chi connectivity index (χ4n) is 2.46. The van der Waals surface area contributed by atoms with Crippen molar-refractivity contribution in [3.8, 4) is 0 Å². The molecule has 1 amide bonds. The smallest absolute Gasteiger partial charge is 0.350 e. The number of rotatable bonds is 5. The largest absolute Gasteiger partial charge is 0.451 e. The van der Waals surface area contributed by atoms with Crippen LogP contribution in [-0.4, -0.2) is 18.5 Å². The summed E-state index contributed by atoms with van der Waals surface area (Å²) >= 11 is 7.44. The van der Waals surface area contributed by atoms with Crippen molar-refractivity contribution < 1.29 is 18.7 Å². The van der Waals surface area contributed by atoms with Crippen molar-refractivity contribution in [3.05, 3.63) is 69.8 Å². The summed E-state index contributed by atoms with van der Waals surface area (Å²) in [6.07, 6.45) is 0. The molecule has 3 rings (SSSR count). The first kappa shape index (κ1) is 18.4. The van der Waals surface area contributed by atoms with Gasteiger partial charge in [-0.3, -0.25) is 4.79 Å². The van der Waals surface area contributed by atoms with Gasteiger partial charge in [-0.05, 0) is 30.7 Å². The van der Waals surface area contributed by atoms with E-state index in [-0.39, 0.29) is 16.7 Å². The molecule has 7 heteroatoms. The van der Waals surface area contributed by atoms with Crippen LogP contribution in [0.25, 0.3) is 10.1 Å². The van der Waals surface area contributed by atoms with E-state index in [9.17, 15) is 14.0 Å². The molecular weight excluding hydrogens is 377 g/mol. The normalized spacial score (nSPS) is 12.0. The van der Waals surface area contributed by atoms with Crippen LogP contribution in [0, 0.1) is 5.82 Å². The molecule has 0 radical (unpaired) electrons. The highest BCUT2D eigenvalue weighted by atomic mass is 35.5. The van der Waals surface area contributed by atoms with Gasteiger partial charge in [-0.1, -0.05) is 41.9 Å². The predicted octanol–water partition coefficient (Wildman–Crippen LogP) is 4.73. The first-order valence-electron chi connectivity index (χ1n) is 7.84. The quantitative estimate of drug-likeness (QED) is 0.640. The Morgan fingerprint density at radius 3 is 2.58 bits per heavy atom. The zero-order chi connectivity index (χ0) is 18.7. The van der Waals surface area contributed by atoms with Crippen LogP contribution in [-0.2, 0) is 9.53 Å². The minimum atomic E-state index is -0.638. The van der Waals surface area contributed by atoms with Gasteiger partial charge in [0.2, 0.25) is 0 Å². The highest BCUT2D eigenvalue weighted by Gasteiger charge is 2.19. The van der Waals surface area contributed by atoms with Crippen molar-refractivity contribution in [2.75, 3.05) is 6.61 Å². The second kappa shape index (κ2) is 7.85. The van der Waals surface area contributed by atoms with Gasteiger partial charge in [0.05, 0.1) is 11.1 Å². The van der Waals surface area contributed by atoms with Crippen LogP contribution in [0.4, 0.5) is 4.39 Å². The molecule has 0 unspecified atom stereocenters. The van der Waals surface area contributed by atoms with Crippen molar-refractivity contribution in [1.82, 2.24) is 5.32 Å². The molecule has 2 aromatic carbocycles. The van der Waals surface area contributed by atoms with Crippen molar-refractivity contribution in [1.29, 1.82) is 0 Å². The molecule has 1 aromatic heterocycles. The lowest BCUT2D eigenvalue weighted by molar-refractivity contribution is -0.124. The van der Waals surface area contributed by atoms with Gasteiger partial charge >= 0.3 is 5.97 Å². The molecule has 134 valence electrons. The Kier molecular flexibility index (Phi) is 5.54. The summed E-state index contributed by atoms with van der Waals surface area (Å²) < 4.78 is 18.9. The summed E-state index contributed by atoms with van der Waals surface area (Å²) in [6, 6.07) is 12.8. The molecule has 1 heterocycles. The van der Waals surface area contributed by atoms with Crippen LogP contribution < -0.4 is 5.32 Å². The molecule has 0 saturated heterocycles. The van der Waals surface area contributed by atoms with E-state index in [0.29, 0.717) is 5.02 Å². The topological polar surface area (TPSA) is 55.4 Å². The number of ether oxygens (including phenoxy) is 1. The fraction of sp³-hybridized carbons (Fsp3) is 0.158. The Bertz CT molecular complexity index is 955. The molecule has 4 nitrogen and oxygen atoms in total. The zero-order valence-electron chi connectivity index (χ0n) is 13.8. The Morgan fingerprint density at radius 2 is 1.88 bits per heavy atom. The van der Waals surface area contributed by atoms with E-state index in [4.69, 9.17) is 16.3 Å². The lowest BCUT2D eigenvalue weighted by Gasteiger charge is -2.14. The maximum Gasteiger partial charge on any atom is 0.350 e. The molecule has 0 aliphatic rings. The zero-order valence-corrected chi connectivity index (χ0v) is 15.4. The number of carbonyl (C=O) groups excluding carboxylic acids is 2. The second-order valence-corrected chi connectivity index (χ2v) is 7.09. The number of amides is 1. The van der Waals surface area contributed by atoms with Gasteiger partial charge in [0, 0.05) is 10.1 Å². The van der Waals surface area contributed by atoms with E-state index >= 15 is 0 Å². The Labute approximate surface area is 158 Å². The molecule has 0 bridgehead atoms.